The van der Waals surface area contributed by atoms with E-state index < -0.39 is 17.3 Å². The molecule has 208 valence electrons. The van der Waals surface area contributed by atoms with Crippen LogP contribution in [0.25, 0.3) is 0 Å². The Hall–Kier alpha value is -2.89. The maximum atomic E-state index is 13.5. The van der Waals surface area contributed by atoms with Crippen LogP contribution in [0.2, 0.25) is 0 Å². The molecule has 0 unspecified atom stereocenters. The highest BCUT2D eigenvalue weighted by molar-refractivity contribution is 5.95. The smallest absolute Gasteiger partial charge is 0.376 e. The van der Waals surface area contributed by atoms with E-state index in [2.05, 4.69) is 35.2 Å². The second kappa shape index (κ2) is 10.6. The molecule has 1 heterocycles. The summed E-state index contributed by atoms with van der Waals surface area (Å²) in [5.74, 6) is 0.312. The number of nitriles is 1. The number of likely N-dealkylation sites (tertiary alicyclic amines) is 1. The van der Waals surface area contributed by atoms with Gasteiger partial charge in [-0.05, 0) is 87.5 Å². The molecule has 2 saturated carbocycles. The Balaban J connectivity index is 1.23. The van der Waals surface area contributed by atoms with Crippen LogP contribution in [0, 0.1) is 11.3 Å². The SMILES string of the molecule is C[C@](O)(c1ccc(C(=O)N(C2CC2)C2CCN([C@]3(C#N)CC[C@@H](c4ccccc4)CC3)CC2)cc1)C(F)(F)F. The lowest BCUT2D eigenvalue weighted by Crippen LogP contribution is -2.56. The molecular formula is C31H36F3N3O2. The molecule has 0 spiro atoms. The van der Waals surface area contributed by atoms with Gasteiger partial charge < -0.3 is 10.0 Å². The average molecular weight is 540 g/mol. The minimum atomic E-state index is -4.81. The molecule has 2 aromatic rings. The van der Waals surface area contributed by atoms with Gasteiger partial charge in [0.2, 0.25) is 0 Å². The van der Waals surface area contributed by atoms with Crippen LogP contribution in [0.15, 0.2) is 54.6 Å². The summed E-state index contributed by atoms with van der Waals surface area (Å²) in [5.41, 5.74) is -2.05. The highest BCUT2D eigenvalue weighted by Crippen LogP contribution is 2.43. The number of carbonyl (C=O) groups is 1. The summed E-state index contributed by atoms with van der Waals surface area (Å²) in [6.45, 7) is 2.21. The molecule has 5 rings (SSSR count). The van der Waals surface area contributed by atoms with Crippen molar-refractivity contribution >= 4 is 5.91 Å². The Kier molecular flexibility index (Phi) is 7.51. The van der Waals surface area contributed by atoms with E-state index in [-0.39, 0.29) is 23.6 Å². The van der Waals surface area contributed by atoms with Gasteiger partial charge in [0.15, 0.2) is 5.60 Å². The van der Waals surface area contributed by atoms with Gasteiger partial charge in [-0.25, -0.2) is 0 Å². The number of alkyl halides is 3. The molecule has 1 aliphatic heterocycles. The maximum absolute atomic E-state index is 13.5. The Bertz CT molecular complexity index is 1190. The number of hydrogen-bond donors (Lipinski definition) is 1. The summed E-state index contributed by atoms with van der Waals surface area (Å²) in [5, 5.41) is 20.2. The maximum Gasteiger partial charge on any atom is 0.421 e. The Labute approximate surface area is 228 Å². The third-order valence-electron chi connectivity index (χ3n) is 9.18. The fourth-order valence-corrected chi connectivity index (χ4v) is 6.46. The van der Waals surface area contributed by atoms with Crippen molar-refractivity contribution in [1.82, 2.24) is 9.80 Å². The van der Waals surface area contributed by atoms with Gasteiger partial charge in [-0.15, -0.1) is 0 Å². The number of amides is 1. The fraction of sp³-hybridized carbons (Fsp3) is 0.548. The van der Waals surface area contributed by atoms with Crippen LogP contribution >= 0.6 is 0 Å². The summed E-state index contributed by atoms with van der Waals surface area (Å²) in [6.07, 6.45) is 2.24. The van der Waals surface area contributed by atoms with Crippen LogP contribution in [0.1, 0.15) is 85.7 Å². The second-order valence-electron chi connectivity index (χ2n) is 11.6. The molecule has 2 aromatic carbocycles. The summed E-state index contributed by atoms with van der Waals surface area (Å²) in [4.78, 5) is 17.8. The zero-order valence-corrected chi connectivity index (χ0v) is 22.3. The quantitative estimate of drug-likeness (QED) is 0.479. The van der Waals surface area contributed by atoms with Crippen LogP contribution in [-0.2, 0) is 5.60 Å². The standard InChI is InChI=1S/C31H36F3N3O2/c1-29(39,31(32,33)34)25-9-7-24(8-10-25)28(38)37(26-11-12-26)27-15-19-36(20-16-27)30(21-35)17-13-23(14-18-30)22-5-3-2-4-6-22/h2-10,23,26-27,39H,11-20H2,1H3/t23-,29-,30-/m0/s1. The number of carbonyl (C=O) groups excluding carboxylic acids is 1. The normalized spacial score (nSPS) is 26.4. The predicted octanol–water partition coefficient (Wildman–Crippen LogP) is 6.15. The lowest BCUT2D eigenvalue weighted by atomic mass is 9.73. The first-order valence-corrected chi connectivity index (χ1v) is 14.0. The van der Waals surface area contributed by atoms with Gasteiger partial charge in [-0.1, -0.05) is 42.5 Å². The van der Waals surface area contributed by atoms with E-state index in [9.17, 15) is 28.3 Å². The van der Waals surface area contributed by atoms with Gasteiger partial charge in [-0.2, -0.15) is 18.4 Å². The zero-order chi connectivity index (χ0) is 27.8. The van der Waals surface area contributed by atoms with Crippen molar-refractivity contribution in [1.29, 1.82) is 5.26 Å². The molecule has 3 fully saturated rings. The monoisotopic (exact) mass is 539 g/mol. The van der Waals surface area contributed by atoms with Gasteiger partial charge in [0, 0.05) is 30.7 Å². The van der Waals surface area contributed by atoms with E-state index in [4.69, 9.17) is 0 Å². The van der Waals surface area contributed by atoms with E-state index >= 15 is 0 Å². The molecule has 0 aromatic heterocycles. The lowest BCUT2D eigenvalue weighted by Gasteiger charge is -2.47. The van der Waals surface area contributed by atoms with Crippen LogP contribution < -0.4 is 0 Å². The molecule has 39 heavy (non-hydrogen) atoms. The topological polar surface area (TPSA) is 67.6 Å². The number of benzene rings is 2. The summed E-state index contributed by atoms with van der Waals surface area (Å²) < 4.78 is 39.7. The largest absolute Gasteiger partial charge is 0.421 e. The van der Waals surface area contributed by atoms with E-state index in [1.165, 1.54) is 29.8 Å². The Morgan fingerprint density at radius 1 is 0.949 bits per heavy atom. The van der Waals surface area contributed by atoms with Crippen LogP contribution in [0.5, 0.6) is 0 Å². The number of hydrogen-bond acceptors (Lipinski definition) is 4. The van der Waals surface area contributed by atoms with E-state index in [0.717, 1.165) is 71.4 Å². The Morgan fingerprint density at radius 3 is 2.03 bits per heavy atom. The highest BCUT2D eigenvalue weighted by atomic mass is 19.4. The first-order valence-electron chi connectivity index (χ1n) is 14.0. The number of halogens is 3. The van der Waals surface area contributed by atoms with E-state index in [0.29, 0.717) is 11.5 Å². The van der Waals surface area contributed by atoms with Crippen molar-refractivity contribution in [3.05, 3.63) is 71.3 Å². The number of aliphatic hydroxyl groups is 1. The van der Waals surface area contributed by atoms with Crippen molar-refractivity contribution in [2.24, 2.45) is 0 Å². The molecule has 1 atom stereocenters. The van der Waals surface area contributed by atoms with E-state index in [1.807, 2.05) is 11.0 Å². The molecule has 1 saturated heterocycles. The van der Waals surface area contributed by atoms with Gasteiger partial charge in [0.05, 0.1) is 6.07 Å². The molecule has 0 radical (unpaired) electrons. The summed E-state index contributed by atoms with van der Waals surface area (Å²) in [6, 6.07) is 18.5. The molecule has 8 heteroatoms. The molecule has 1 amide bonds. The predicted molar refractivity (Wildman–Crippen MR) is 142 cm³/mol. The molecule has 3 aliphatic rings. The van der Waals surface area contributed by atoms with Crippen LogP contribution in [-0.4, -0.2) is 57.7 Å². The zero-order valence-electron chi connectivity index (χ0n) is 22.3. The molecule has 5 nitrogen and oxygen atoms in total. The minimum absolute atomic E-state index is 0.0376. The lowest BCUT2D eigenvalue weighted by molar-refractivity contribution is -0.258. The van der Waals surface area contributed by atoms with Crippen molar-refractivity contribution < 1.29 is 23.1 Å². The third kappa shape index (κ3) is 5.44. The van der Waals surface area contributed by atoms with Crippen molar-refractivity contribution in [2.75, 3.05) is 13.1 Å². The van der Waals surface area contributed by atoms with Gasteiger partial charge in [0.25, 0.3) is 5.91 Å². The molecule has 2 aliphatic carbocycles. The first-order chi connectivity index (χ1) is 18.6. The van der Waals surface area contributed by atoms with Gasteiger partial charge in [-0.3, -0.25) is 9.69 Å². The van der Waals surface area contributed by atoms with Crippen molar-refractivity contribution in [3.8, 4) is 6.07 Å². The third-order valence-corrected chi connectivity index (χ3v) is 9.18. The minimum Gasteiger partial charge on any atom is -0.376 e. The van der Waals surface area contributed by atoms with Gasteiger partial charge >= 0.3 is 6.18 Å². The molecular weight excluding hydrogens is 503 g/mol. The number of rotatable bonds is 6. The second-order valence-corrected chi connectivity index (χ2v) is 11.6. The first kappa shape index (κ1) is 27.7. The van der Waals surface area contributed by atoms with Gasteiger partial charge in [0.1, 0.15) is 5.54 Å². The summed E-state index contributed by atoms with van der Waals surface area (Å²) >= 11 is 0. The molecule has 1 N–H and O–H groups in total. The van der Waals surface area contributed by atoms with Crippen molar-refractivity contribution in [2.45, 2.75) is 93.6 Å². The summed E-state index contributed by atoms with van der Waals surface area (Å²) in [7, 11) is 0. The van der Waals surface area contributed by atoms with E-state index in [1.54, 1.807) is 0 Å². The fourth-order valence-electron chi connectivity index (χ4n) is 6.46. The van der Waals surface area contributed by atoms with Crippen molar-refractivity contribution in [3.63, 3.8) is 0 Å². The Morgan fingerprint density at radius 2 is 1.51 bits per heavy atom. The molecule has 0 bridgehead atoms. The average Bonchev–Trinajstić information content (AvgIpc) is 3.79. The highest BCUT2D eigenvalue weighted by Gasteiger charge is 2.51. The van der Waals surface area contributed by atoms with Crippen LogP contribution in [0.4, 0.5) is 13.2 Å². The number of nitrogens with zero attached hydrogens (tertiary/aromatic N) is 3. The van der Waals surface area contributed by atoms with Crippen LogP contribution in [0.3, 0.4) is 0 Å². The number of piperidine rings is 1.